The van der Waals surface area contributed by atoms with E-state index in [4.69, 9.17) is 0 Å². The molecule has 0 aromatic heterocycles. The quantitative estimate of drug-likeness (QED) is 0.450. The molecule has 0 heterocycles. The molecular weight excluding hydrogens is 376 g/mol. The first-order valence-corrected chi connectivity index (χ1v) is 7.86. The number of sulfonamides is 1. The highest BCUT2D eigenvalue weighted by molar-refractivity contribution is 7.92. The number of rotatable bonds is 5. The molecule has 0 spiro atoms. The largest absolute Gasteiger partial charge is 0.463 e. The standard InChI is InChI=1S/C14H9F6NO3S/c1-21(7-3-2-4-8(5-7)24-6-15)25(22,23)14-12(19)10(17)9(16)11(18)13(14)20/h2-5H,6H2,1H3. The van der Waals surface area contributed by atoms with E-state index < -0.39 is 50.9 Å². The Bertz CT molecular complexity index is 890. The van der Waals surface area contributed by atoms with E-state index >= 15 is 0 Å². The molecule has 0 amide bonds. The highest BCUT2D eigenvalue weighted by Gasteiger charge is 2.36. The predicted octanol–water partition coefficient (Wildman–Crippen LogP) is 3.51. The summed E-state index contributed by atoms with van der Waals surface area (Å²) in [6.07, 6.45) is 0. The zero-order valence-electron chi connectivity index (χ0n) is 12.4. The van der Waals surface area contributed by atoms with E-state index in [-0.39, 0.29) is 15.7 Å². The first-order chi connectivity index (χ1) is 11.6. The van der Waals surface area contributed by atoms with Crippen molar-refractivity contribution in [2.75, 3.05) is 18.2 Å². The van der Waals surface area contributed by atoms with Gasteiger partial charge in [0.15, 0.2) is 28.2 Å². The van der Waals surface area contributed by atoms with Gasteiger partial charge in [0.05, 0.1) is 5.69 Å². The molecule has 2 aromatic carbocycles. The van der Waals surface area contributed by atoms with Gasteiger partial charge in [-0.1, -0.05) is 6.07 Å². The first kappa shape index (κ1) is 18.9. The van der Waals surface area contributed by atoms with Crippen molar-refractivity contribution in [3.8, 4) is 5.75 Å². The number of alkyl halides is 1. The highest BCUT2D eigenvalue weighted by atomic mass is 32.2. The van der Waals surface area contributed by atoms with Crippen LogP contribution >= 0.6 is 0 Å². The molecule has 25 heavy (non-hydrogen) atoms. The van der Waals surface area contributed by atoms with Crippen LogP contribution < -0.4 is 9.04 Å². The lowest BCUT2D eigenvalue weighted by Gasteiger charge is -2.21. The summed E-state index contributed by atoms with van der Waals surface area (Å²) in [6, 6.07) is 4.66. The van der Waals surface area contributed by atoms with E-state index in [1.165, 1.54) is 12.1 Å². The molecule has 11 heteroatoms. The normalized spacial score (nSPS) is 11.5. The van der Waals surface area contributed by atoms with Crippen molar-refractivity contribution < 1.29 is 39.5 Å². The van der Waals surface area contributed by atoms with Gasteiger partial charge in [-0.2, -0.15) is 0 Å². The average Bonchev–Trinajstić information content (AvgIpc) is 2.58. The van der Waals surface area contributed by atoms with Crippen molar-refractivity contribution >= 4 is 15.7 Å². The Morgan fingerprint density at radius 2 is 1.48 bits per heavy atom. The minimum atomic E-state index is -5.16. The second-order valence-electron chi connectivity index (χ2n) is 4.62. The fourth-order valence-corrected chi connectivity index (χ4v) is 3.22. The summed E-state index contributed by atoms with van der Waals surface area (Å²) in [5.74, 6) is -12.3. The summed E-state index contributed by atoms with van der Waals surface area (Å²) in [5.41, 5.74) is -0.255. The number of hydrogen-bond acceptors (Lipinski definition) is 3. The molecule has 0 saturated carbocycles. The van der Waals surface area contributed by atoms with Crippen LogP contribution in [0.4, 0.5) is 32.0 Å². The van der Waals surface area contributed by atoms with Crippen LogP contribution in [0.25, 0.3) is 0 Å². The van der Waals surface area contributed by atoms with Crippen LogP contribution in [0, 0.1) is 29.1 Å². The summed E-state index contributed by atoms with van der Waals surface area (Å²) >= 11 is 0. The molecule has 2 aromatic rings. The number of hydrogen-bond donors (Lipinski definition) is 0. The smallest absolute Gasteiger partial charge is 0.270 e. The monoisotopic (exact) mass is 385 g/mol. The van der Waals surface area contributed by atoms with Crippen molar-refractivity contribution in [3.05, 3.63) is 53.4 Å². The number of anilines is 1. The van der Waals surface area contributed by atoms with Gasteiger partial charge in [0.25, 0.3) is 10.0 Å². The van der Waals surface area contributed by atoms with E-state index in [9.17, 15) is 34.8 Å². The Morgan fingerprint density at radius 1 is 0.960 bits per heavy atom. The Labute approximate surface area is 138 Å². The maximum atomic E-state index is 13.8. The van der Waals surface area contributed by atoms with Crippen molar-refractivity contribution in [2.24, 2.45) is 0 Å². The topological polar surface area (TPSA) is 46.6 Å². The second kappa shape index (κ2) is 6.82. The zero-order valence-corrected chi connectivity index (χ0v) is 13.2. The van der Waals surface area contributed by atoms with Gasteiger partial charge >= 0.3 is 0 Å². The molecule has 0 fully saturated rings. The van der Waals surface area contributed by atoms with Crippen LogP contribution in [-0.2, 0) is 10.0 Å². The van der Waals surface area contributed by atoms with E-state index in [0.29, 0.717) is 0 Å². The minimum Gasteiger partial charge on any atom is -0.463 e. The van der Waals surface area contributed by atoms with Crippen LogP contribution in [0.2, 0.25) is 0 Å². The fraction of sp³-hybridized carbons (Fsp3) is 0.143. The second-order valence-corrected chi connectivity index (χ2v) is 6.53. The lowest BCUT2D eigenvalue weighted by Crippen LogP contribution is -2.29. The summed E-state index contributed by atoms with van der Waals surface area (Å²) in [6.45, 7) is -1.22. The van der Waals surface area contributed by atoms with Crippen molar-refractivity contribution in [2.45, 2.75) is 4.90 Å². The summed E-state index contributed by atoms with van der Waals surface area (Å²) < 4.78 is 109. The van der Waals surface area contributed by atoms with E-state index in [2.05, 4.69) is 4.74 Å². The van der Waals surface area contributed by atoms with Crippen LogP contribution in [-0.4, -0.2) is 22.3 Å². The molecule has 0 bridgehead atoms. The Hall–Kier alpha value is -2.43. The van der Waals surface area contributed by atoms with Gasteiger partial charge in [-0.15, -0.1) is 0 Å². The first-order valence-electron chi connectivity index (χ1n) is 6.42. The lowest BCUT2D eigenvalue weighted by molar-refractivity contribution is 0.192. The van der Waals surface area contributed by atoms with E-state index in [1.807, 2.05) is 0 Å². The van der Waals surface area contributed by atoms with E-state index in [0.717, 1.165) is 19.2 Å². The predicted molar refractivity (Wildman–Crippen MR) is 74.9 cm³/mol. The zero-order chi connectivity index (χ0) is 18.9. The van der Waals surface area contributed by atoms with Gasteiger partial charge in [-0.3, -0.25) is 4.31 Å². The van der Waals surface area contributed by atoms with Gasteiger partial charge in [-0.25, -0.2) is 34.8 Å². The molecule has 0 atom stereocenters. The van der Waals surface area contributed by atoms with Crippen LogP contribution in [0.15, 0.2) is 29.2 Å². The third-order valence-electron chi connectivity index (χ3n) is 3.19. The molecule has 0 aliphatic heterocycles. The molecular formula is C14H9F6NO3S. The number of halogens is 6. The van der Waals surface area contributed by atoms with Crippen molar-refractivity contribution in [3.63, 3.8) is 0 Å². The average molecular weight is 385 g/mol. The molecule has 2 rings (SSSR count). The fourth-order valence-electron chi connectivity index (χ4n) is 1.92. The summed E-state index contributed by atoms with van der Waals surface area (Å²) in [5, 5.41) is 0. The maximum absolute atomic E-state index is 13.8. The van der Waals surface area contributed by atoms with Gasteiger partial charge in [-0.05, 0) is 12.1 Å². The van der Waals surface area contributed by atoms with Crippen LogP contribution in [0.5, 0.6) is 5.75 Å². The Balaban J connectivity index is 2.62. The third kappa shape index (κ3) is 3.23. The van der Waals surface area contributed by atoms with Crippen LogP contribution in [0.1, 0.15) is 0 Å². The molecule has 0 unspecified atom stereocenters. The molecule has 0 saturated heterocycles. The molecule has 136 valence electrons. The van der Waals surface area contributed by atoms with Gasteiger partial charge in [0, 0.05) is 13.1 Å². The SMILES string of the molecule is CN(c1cccc(OCF)c1)S(=O)(=O)c1c(F)c(F)c(F)c(F)c1F. The Morgan fingerprint density at radius 3 is 2.00 bits per heavy atom. The van der Waals surface area contributed by atoms with Crippen molar-refractivity contribution in [1.82, 2.24) is 0 Å². The number of nitrogens with zero attached hydrogens (tertiary/aromatic N) is 1. The van der Waals surface area contributed by atoms with Gasteiger partial charge < -0.3 is 4.74 Å². The highest BCUT2D eigenvalue weighted by Crippen LogP contribution is 2.31. The van der Waals surface area contributed by atoms with E-state index in [1.54, 1.807) is 0 Å². The number of benzene rings is 2. The molecule has 0 aliphatic rings. The maximum Gasteiger partial charge on any atom is 0.270 e. The van der Waals surface area contributed by atoms with Crippen molar-refractivity contribution in [1.29, 1.82) is 0 Å². The third-order valence-corrected chi connectivity index (χ3v) is 5.00. The summed E-state index contributed by atoms with van der Waals surface area (Å²) in [7, 11) is -4.34. The Kier molecular flexibility index (Phi) is 5.16. The summed E-state index contributed by atoms with van der Waals surface area (Å²) in [4.78, 5) is -2.00. The van der Waals surface area contributed by atoms with Crippen LogP contribution in [0.3, 0.4) is 0 Å². The van der Waals surface area contributed by atoms with Gasteiger partial charge in [0.2, 0.25) is 12.7 Å². The molecule has 4 nitrogen and oxygen atoms in total. The molecule has 0 radical (unpaired) electrons. The molecule has 0 N–H and O–H groups in total. The minimum absolute atomic E-state index is 0.112. The number of ether oxygens (including phenoxy) is 1. The van der Waals surface area contributed by atoms with Gasteiger partial charge in [0.1, 0.15) is 5.75 Å². The molecule has 0 aliphatic carbocycles. The lowest BCUT2D eigenvalue weighted by atomic mass is 10.3.